The third kappa shape index (κ3) is 5.00. The molecular formula is C11H16N2O2. The Morgan fingerprint density at radius 1 is 1.53 bits per heavy atom. The molecule has 2 N–H and O–H groups in total. The Hall–Kier alpha value is -1.58. The van der Waals surface area contributed by atoms with Crippen molar-refractivity contribution < 1.29 is 9.90 Å². The summed E-state index contributed by atoms with van der Waals surface area (Å²) >= 11 is 0. The molecule has 1 heterocycles. The van der Waals surface area contributed by atoms with Crippen LogP contribution >= 0.6 is 0 Å². The van der Waals surface area contributed by atoms with Gasteiger partial charge >= 0.3 is 5.97 Å². The lowest BCUT2D eigenvalue weighted by atomic mass is 10.2. The predicted molar refractivity (Wildman–Crippen MR) is 59.0 cm³/mol. The second-order valence-electron chi connectivity index (χ2n) is 3.50. The summed E-state index contributed by atoms with van der Waals surface area (Å²) < 4.78 is 0. The first-order valence-corrected chi connectivity index (χ1v) is 5.07. The van der Waals surface area contributed by atoms with E-state index in [4.69, 9.17) is 5.11 Å². The number of anilines is 1. The van der Waals surface area contributed by atoms with Crippen molar-refractivity contribution in [1.82, 2.24) is 4.98 Å². The summed E-state index contributed by atoms with van der Waals surface area (Å²) in [7, 11) is 0. The number of carboxylic acids is 1. The molecule has 0 aliphatic heterocycles. The number of carbonyl (C=O) groups is 1. The molecule has 15 heavy (non-hydrogen) atoms. The normalized spacial score (nSPS) is 9.93. The minimum Gasteiger partial charge on any atom is -0.481 e. The number of aromatic nitrogens is 1. The van der Waals surface area contributed by atoms with Crippen LogP contribution in [0.1, 0.15) is 24.8 Å². The van der Waals surface area contributed by atoms with E-state index in [0.717, 1.165) is 24.3 Å². The molecule has 0 aliphatic rings. The first kappa shape index (κ1) is 11.5. The van der Waals surface area contributed by atoms with Gasteiger partial charge in [0, 0.05) is 19.2 Å². The highest BCUT2D eigenvalue weighted by atomic mass is 16.4. The topological polar surface area (TPSA) is 62.2 Å². The Bertz CT molecular complexity index is 326. The molecule has 0 aromatic carbocycles. The van der Waals surface area contributed by atoms with Gasteiger partial charge in [-0.2, -0.15) is 0 Å². The molecule has 4 heteroatoms. The van der Waals surface area contributed by atoms with E-state index in [-0.39, 0.29) is 6.42 Å². The summed E-state index contributed by atoms with van der Waals surface area (Å²) in [5.41, 5.74) is 1.16. The molecule has 0 fully saturated rings. The molecule has 0 amide bonds. The van der Waals surface area contributed by atoms with Gasteiger partial charge in [0.15, 0.2) is 0 Å². The maximum atomic E-state index is 10.2. The van der Waals surface area contributed by atoms with Crippen LogP contribution < -0.4 is 5.32 Å². The van der Waals surface area contributed by atoms with Crippen LogP contribution in [0.4, 0.5) is 5.82 Å². The number of carboxylic acid groups (broad SMARTS) is 1. The fourth-order valence-electron chi connectivity index (χ4n) is 1.25. The number of aliphatic carboxylic acids is 1. The number of nitrogens with zero attached hydrogens (tertiary/aromatic N) is 1. The van der Waals surface area contributed by atoms with Crippen molar-refractivity contribution in [3.8, 4) is 0 Å². The summed E-state index contributed by atoms with van der Waals surface area (Å²) in [5.74, 6) is 0.119. The van der Waals surface area contributed by atoms with E-state index in [1.807, 2.05) is 19.1 Å². The third-order valence-electron chi connectivity index (χ3n) is 2.04. The molecule has 1 aromatic heterocycles. The molecule has 0 saturated carbocycles. The number of aryl methyl sites for hydroxylation is 1. The molecular weight excluding hydrogens is 192 g/mol. The highest BCUT2D eigenvalue weighted by molar-refractivity contribution is 5.66. The van der Waals surface area contributed by atoms with Gasteiger partial charge in [0.05, 0.1) is 0 Å². The van der Waals surface area contributed by atoms with Crippen molar-refractivity contribution >= 4 is 11.8 Å². The van der Waals surface area contributed by atoms with Crippen molar-refractivity contribution in [3.63, 3.8) is 0 Å². The van der Waals surface area contributed by atoms with Crippen LogP contribution in [0.3, 0.4) is 0 Å². The molecule has 0 bridgehead atoms. The van der Waals surface area contributed by atoms with Gasteiger partial charge in [-0.25, -0.2) is 4.98 Å². The van der Waals surface area contributed by atoms with E-state index >= 15 is 0 Å². The quantitative estimate of drug-likeness (QED) is 0.702. The fourth-order valence-corrected chi connectivity index (χ4v) is 1.25. The van der Waals surface area contributed by atoms with Crippen LogP contribution in [0.15, 0.2) is 18.3 Å². The van der Waals surface area contributed by atoms with Gasteiger partial charge in [0.1, 0.15) is 5.82 Å². The zero-order valence-corrected chi connectivity index (χ0v) is 8.86. The number of hydrogen-bond acceptors (Lipinski definition) is 3. The molecule has 0 aliphatic carbocycles. The van der Waals surface area contributed by atoms with E-state index in [1.54, 1.807) is 6.20 Å². The Morgan fingerprint density at radius 3 is 3.00 bits per heavy atom. The highest BCUT2D eigenvalue weighted by Gasteiger charge is 1.97. The molecule has 4 nitrogen and oxygen atoms in total. The SMILES string of the molecule is Cc1ccnc(NCCCCC(=O)O)c1. The highest BCUT2D eigenvalue weighted by Crippen LogP contribution is 2.05. The molecule has 0 spiro atoms. The van der Waals surface area contributed by atoms with Gasteiger partial charge in [-0.05, 0) is 37.5 Å². The first-order chi connectivity index (χ1) is 7.18. The van der Waals surface area contributed by atoms with E-state index in [1.165, 1.54) is 0 Å². The zero-order chi connectivity index (χ0) is 11.1. The van der Waals surface area contributed by atoms with Crippen LogP contribution in [-0.4, -0.2) is 22.6 Å². The van der Waals surface area contributed by atoms with Crippen molar-refractivity contribution in [2.24, 2.45) is 0 Å². The number of pyridine rings is 1. The number of rotatable bonds is 6. The minimum absolute atomic E-state index is 0.239. The van der Waals surface area contributed by atoms with Gasteiger partial charge in [-0.1, -0.05) is 0 Å². The lowest BCUT2D eigenvalue weighted by Crippen LogP contribution is -2.04. The van der Waals surface area contributed by atoms with Crippen molar-refractivity contribution in [3.05, 3.63) is 23.9 Å². The maximum Gasteiger partial charge on any atom is 0.303 e. The van der Waals surface area contributed by atoms with E-state index in [2.05, 4.69) is 10.3 Å². The molecule has 0 atom stereocenters. The summed E-state index contributed by atoms with van der Waals surface area (Å²) in [6.45, 7) is 2.78. The van der Waals surface area contributed by atoms with Crippen LogP contribution in [0.5, 0.6) is 0 Å². The average molecular weight is 208 g/mol. The fraction of sp³-hybridized carbons (Fsp3) is 0.455. The smallest absolute Gasteiger partial charge is 0.303 e. The van der Waals surface area contributed by atoms with Gasteiger partial charge < -0.3 is 10.4 Å². The molecule has 1 rings (SSSR count). The van der Waals surface area contributed by atoms with Gasteiger partial charge in [-0.3, -0.25) is 4.79 Å². The van der Waals surface area contributed by atoms with E-state index in [9.17, 15) is 4.79 Å². The maximum absolute atomic E-state index is 10.2. The molecule has 1 aromatic rings. The lowest BCUT2D eigenvalue weighted by Gasteiger charge is -2.04. The average Bonchev–Trinajstić information content (AvgIpc) is 2.17. The summed E-state index contributed by atoms with van der Waals surface area (Å²) in [6.07, 6.45) is 3.55. The van der Waals surface area contributed by atoms with E-state index in [0.29, 0.717) is 6.42 Å². The lowest BCUT2D eigenvalue weighted by molar-refractivity contribution is -0.137. The molecule has 82 valence electrons. The Labute approximate surface area is 89.3 Å². The Balaban J connectivity index is 2.17. The molecule has 0 radical (unpaired) electrons. The number of unbranched alkanes of at least 4 members (excludes halogenated alkanes) is 1. The monoisotopic (exact) mass is 208 g/mol. The second-order valence-corrected chi connectivity index (χ2v) is 3.50. The summed E-state index contributed by atoms with van der Waals surface area (Å²) in [5, 5.41) is 11.6. The van der Waals surface area contributed by atoms with Gasteiger partial charge in [0.2, 0.25) is 0 Å². The van der Waals surface area contributed by atoms with Gasteiger partial charge in [0.25, 0.3) is 0 Å². The largest absolute Gasteiger partial charge is 0.481 e. The van der Waals surface area contributed by atoms with Crippen LogP contribution in [0.25, 0.3) is 0 Å². The Morgan fingerprint density at radius 2 is 2.33 bits per heavy atom. The van der Waals surface area contributed by atoms with Gasteiger partial charge in [-0.15, -0.1) is 0 Å². The Kier molecular flexibility index (Phi) is 4.60. The first-order valence-electron chi connectivity index (χ1n) is 5.07. The minimum atomic E-state index is -0.733. The summed E-state index contributed by atoms with van der Waals surface area (Å²) in [6, 6.07) is 3.91. The zero-order valence-electron chi connectivity index (χ0n) is 8.86. The van der Waals surface area contributed by atoms with Crippen LogP contribution in [-0.2, 0) is 4.79 Å². The standard InChI is InChI=1S/C11H16N2O2/c1-9-5-7-13-10(8-9)12-6-3-2-4-11(14)15/h5,7-8H,2-4,6H2,1H3,(H,12,13)(H,14,15). The number of nitrogens with one attached hydrogen (secondary N) is 1. The number of hydrogen-bond donors (Lipinski definition) is 2. The van der Waals surface area contributed by atoms with Crippen molar-refractivity contribution in [2.75, 3.05) is 11.9 Å². The van der Waals surface area contributed by atoms with Crippen LogP contribution in [0.2, 0.25) is 0 Å². The van der Waals surface area contributed by atoms with E-state index < -0.39 is 5.97 Å². The predicted octanol–water partition coefficient (Wildman–Crippen LogP) is 2.06. The van der Waals surface area contributed by atoms with Crippen molar-refractivity contribution in [1.29, 1.82) is 0 Å². The second kappa shape index (κ2) is 6.01. The molecule has 0 unspecified atom stereocenters. The third-order valence-corrected chi connectivity index (χ3v) is 2.04. The molecule has 0 saturated heterocycles. The summed E-state index contributed by atoms with van der Waals surface area (Å²) in [4.78, 5) is 14.4. The van der Waals surface area contributed by atoms with Crippen LogP contribution in [0, 0.1) is 6.92 Å². The van der Waals surface area contributed by atoms with Crippen molar-refractivity contribution in [2.45, 2.75) is 26.2 Å².